The first-order valence-corrected chi connectivity index (χ1v) is 8.47. The van der Waals surface area contributed by atoms with E-state index >= 15 is 0 Å². The minimum atomic E-state index is -0.937. The number of aliphatic hydroxyl groups excluding tert-OH is 1. The monoisotopic (exact) mass is 336 g/mol. The molecule has 3 unspecified atom stereocenters. The van der Waals surface area contributed by atoms with Gasteiger partial charge in [-0.05, 0) is 43.9 Å². The number of hydrogen-bond donors (Lipinski definition) is 2. The maximum Gasteiger partial charge on any atom is 0.243 e. The van der Waals surface area contributed by atoms with E-state index in [-0.39, 0.29) is 17.6 Å². The number of hydrogen-bond acceptors (Lipinski definition) is 3. The highest BCUT2D eigenvalue weighted by molar-refractivity contribution is 5.88. The quantitative estimate of drug-likeness (QED) is 0.866. The number of aliphatic hydroxyl groups is 1. The number of nitrogens with one attached hydrogen (secondary N) is 1. The zero-order valence-corrected chi connectivity index (χ0v) is 14.2. The van der Waals surface area contributed by atoms with Crippen LogP contribution in [0.2, 0.25) is 0 Å². The third-order valence-electron chi connectivity index (χ3n) is 4.48. The molecule has 132 valence electrons. The lowest BCUT2D eigenvalue weighted by atomic mass is 9.99. The van der Waals surface area contributed by atoms with Gasteiger partial charge in [0, 0.05) is 13.0 Å². The first-order valence-electron chi connectivity index (χ1n) is 8.47. The summed E-state index contributed by atoms with van der Waals surface area (Å²) in [6.07, 6.45) is 1.88. The van der Waals surface area contributed by atoms with Crippen molar-refractivity contribution in [3.63, 3.8) is 0 Å². The van der Waals surface area contributed by atoms with Crippen LogP contribution in [0.5, 0.6) is 0 Å². The van der Waals surface area contributed by atoms with Crippen LogP contribution >= 0.6 is 0 Å². The van der Waals surface area contributed by atoms with Crippen LogP contribution in [0.4, 0.5) is 4.39 Å². The van der Waals surface area contributed by atoms with Gasteiger partial charge in [-0.3, -0.25) is 9.59 Å². The molecule has 0 aliphatic carbocycles. The van der Waals surface area contributed by atoms with Gasteiger partial charge < -0.3 is 15.3 Å². The average Bonchev–Trinajstić information content (AvgIpc) is 2.60. The molecule has 0 bridgehead atoms. The molecule has 0 spiro atoms. The fourth-order valence-corrected chi connectivity index (χ4v) is 3.05. The van der Waals surface area contributed by atoms with Crippen LogP contribution < -0.4 is 5.32 Å². The Balaban J connectivity index is 2.01. The highest BCUT2D eigenvalue weighted by Gasteiger charge is 2.32. The Labute approximate surface area is 141 Å². The van der Waals surface area contributed by atoms with Gasteiger partial charge in [0.1, 0.15) is 11.9 Å². The molecule has 1 fully saturated rings. The first-order chi connectivity index (χ1) is 11.4. The number of rotatable bonds is 5. The van der Waals surface area contributed by atoms with E-state index in [1.165, 1.54) is 24.3 Å². The van der Waals surface area contributed by atoms with Crippen molar-refractivity contribution >= 4 is 11.8 Å². The molecule has 24 heavy (non-hydrogen) atoms. The standard InChI is InChI=1S/C18H25FN2O3/c1-3-16(22)21-11-5-4-6-15(21)18(24)20-12(2)17(23)13-7-9-14(19)10-8-13/h7-10,12,15,17,23H,3-6,11H2,1-2H3,(H,20,24). The van der Waals surface area contributed by atoms with Gasteiger partial charge in [-0.25, -0.2) is 4.39 Å². The van der Waals surface area contributed by atoms with Gasteiger partial charge in [0.2, 0.25) is 11.8 Å². The molecule has 5 nitrogen and oxygen atoms in total. The number of benzene rings is 1. The Morgan fingerprint density at radius 3 is 2.62 bits per heavy atom. The van der Waals surface area contributed by atoms with Crippen molar-refractivity contribution in [2.24, 2.45) is 0 Å². The van der Waals surface area contributed by atoms with E-state index in [4.69, 9.17) is 0 Å². The van der Waals surface area contributed by atoms with Crippen molar-refractivity contribution in [1.29, 1.82) is 0 Å². The summed E-state index contributed by atoms with van der Waals surface area (Å²) in [5, 5.41) is 13.1. The molecule has 0 radical (unpaired) electrons. The fourth-order valence-electron chi connectivity index (χ4n) is 3.05. The second-order valence-corrected chi connectivity index (χ2v) is 6.25. The zero-order valence-electron chi connectivity index (χ0n) is 14.2. The summed E-state index contributed by atoms with van der Waals surface area (Å²) < 4.78 is 13.0. The SMILES string of the molecule is CCC(=O)N1CCCCC1C(=O)NC(C)C(O)c1ccc(F)cc1. The molecule has 6 heteroatoms. The fraction of sp³-hybridized carbons (Fsp3) is 0.556. The van der Waals surface area contributed by atoms with Crippen LogP contribution in [0.3, 0.4) is 0 Å². The Morgan fingerprint density at radius 1 is 1.33 bits per heavy atom. The number of piperidine rings is 1. The van der Waals surface area contributed by atoms with E-state index < -0.39 is 18.2 Å². The van der Waals surface area contributed by atoms with E-state index in [0.29, 0.717) is 24.9 Å². The molecule has 1 aromatic carbocycles. The van der Waals surface area contributed by atoms with Gasteiger partial charge in [-0.1, -0.05) is 19.1 Å². The summed E-state index contributed by atoms with van der Waals surface area (Å²) in [5.74, 6) is -0.648. The van der Waals surface area contributed by atoms with Crippen LogP contribution in [0.1, 0.15) is 51.2 Å². The molecular weight excluding hydrogens is 311 g/mol. The summed E-state index contributed by atoms with van der Waals surface area (Å²) in [4.78, 5) is 26.2. The lowest BCUT2D eigenvalue weighted by molar-refractivity contribution is -0.142. The molecule has 2 rings (SSSR count). The van der Waals surface area contributed by atoms with Gasteiger partial charge >= 0.3 is 0 Å². The summed E-state index contributed by atoms with van der Waals surface area (Å²) in [5.41, 5.74) is 0.536. The summed E-state index contributed by atoms with van der Waals surface area (Å²) >= 11 is 0. The van der Waals surface area contributed by atoms with E-state index in [0.717, 1.165) is 12.8 Å². The van der Waals surface area contributed by atoms with Crippen molar-refractivity contribution in [2.45, 2.75) is 57.7 Å². The topological polar surface area (TPSA) is 69.6 Å². The maximum absolute atomic E-state index is 13.0. The van der Waals surface area contributed by atoms with Gasteiger partial charge in [0.05, 0.1) is 12.1 Å². The van der Waals surface area contributed by atoms with Gasteiger partial charge in [-0.15, -0.1) is 0 Å². The molecule has 1 saturated heterocycles. The summed E-state index contributed by atoms with van der Waals surface area (Å²) in [6, 6.07) is 4.52. The highest BCUT2D eigenvalue weighted by Crippen LogP contribution is 2.21. The number of carbonyl (C=O) groups excluding carboxylic acids is 2. The van der Waals surface area contributed by atoms with E-state index in [1.807, 2.05) is 0 Å². The Hall–Kier alpha value is -1.95. The van der Waals surface area contributed by atoms with Crippen LogP contribution in [0, 0.1) is 5.82 Å². The highest BCUT2D eigenvalue weighted by atomic mass is 19.1. The largest absolute Gasteiger partial charge is 0.386 e. The molecule has 0 aromatic heterocycles. The van der Waals surface area contributed by atoms with Crippen molar-refractivity contribution in [3.8, 4) is 0 Å². The van der Waals surface area contributed by atoms with Crippen LogP contribution in [0.25, 0.3) is 0 Å². The number of amides is 2. The molecule has 2 amide bonds. The number of carbonyl (C=O) groups is 2. The lowest BCUT2D eigenvalue weighted by Crippen LogP contribution is -2.54. The van der Waals surface area contributed by atoms with Crippen LogP contribution in [-0.2, 0) is 9.59 Å². The predicted octanol–water partition coefficient (Wildman–Crippen LogP) is 2.15. The summed E-state index contributed by atoms with van der Waals surface area (Å²) in [6.45, 7) is 4.08. The van der Waals surface area contributed by atoms with Gasteiger partial charge in [0.15, 0.2) is 0 Å². The van der Waals surface area contributed by atoms with Gasteiger partial charge in [0.25, 0.3) is 0 Å². The van der Waals surface area contributed by atoms with E-state index in [9.17, 15) is 19.1 Å². The van der Waals surface area contributed by atoms with E-state index in [1.54, 1.807) is 18.7 Å². The number of nitrogens with zero attached hydrogens (tertiary/aromatic N) is 1. The summed E-state index contributed by atoms with van der Waals surface area (Å²) in [7, 11) is 0. The zero-order chi connectivity index (χ0) is 17.7. The molecular formula is C18H25FN2O3. The van der Waals surface area contributed by atoms with Crippen LogP contribution in [-0.4, -0.2) is 40.4 Å². The second kappa shape index (κ2) is 8.24. The Kier molecular flexibility index (Phi) is 6.31. The normalized spacial score (nSPS) is 20.3. The Morgan fingerprint density at radius 2 is 2.00 bits per heavy atom. The van der Waals surface area contributed by atoms with Gasteiger partial charge in [-0.2, -0.15) is 0 Å². The van der Waals surface area contributed by atoms with Crippen molar-refractivity contribution in [3.05, 3.63) is 35.6 Å². The smallest absolute Gasteiger partial charge is 0.243 e. The molecule has 2 N–H and O–H groups in total. The molecule has 3 atom stereocenters. The average molecular weight is 336 g/mol. The van der Waals surface area contributed by atoms with E-state index in [2.05, 4.69) is 5.32 Å². The second-order valence-electron chi connectivity index (χ2n) is 6.25. The minimum Gasteiger partial charge on any atom is -0.386 e. The number of halogens is 1. The number of likely N-dealkylation sites (tertiary alicyclic amines) is 1. The molecule has 1 aromatic rings. The van der Waals surface area contributed by atoms with Crippen LogP contribution in [0.15, 0.2) is 24.3 Å². The molecule has 1 aliphatic rings. The molecule has 0 saturated carbocycles. The third kappa shape index (κ3) is 4.32. The van der Waals surface area contributed by atoms with Crippen molar-refractivity contribution in [2.75, 3.05) is 6.54 Å². The lowest BCUT2D eigenvalue weighted by Gasteiger charge is -2.35. The Bertz CT molecular complexity index is 576. The van der Waals surface area contributed by atoms with Crippen molar-refractivity contribution < 1.29 is 19.1 Å². The first kappa shape index (κ1) is 18.4. The maximum atomic E-state index is 13.0. The molecule has 1 heterocycles. The van der Waals surface area contributed by atoms with Crippen molar-refractivity contribution in [1.82, 2.24) is 10.2 Å². The third-order valence-corrected chi connectivity index (χ3v) is 4.48. The minimum absolute atomic E-state index is 0.0263. The molecule has 1 aliphatic heterocycles. The predicted molar refractivity (Wildman–Crippen MR) is 88.6 cm³/mol.